The molecule has 18 heavy (non-hydrogen) atoms. The van der Waals surface area contributed by atoms with Crippen molar-refractivity contribution in [3.8, 4) is 11.8 Å². The summed E-state index contributed by atoms with van der Waals surface area (Å²) in [6.45, 7) is 0.169. The highest BCUT2D eigenvalue weighted by atomic mass is 35.5. The van der Waals surface area contributed by atoms with Crippen molar-refractivity contribution in [1.29, 1.82) is 5.26 Å². The van der Waals surface area contributed by atoms with Crippen molar-refractivity contribution in [3.63, 3.8) is 0 Å². The van der Waals surface area contributed by atoms with E-state index in [4.69, 9.17) is 27.3 Å². The third-order valence-corrected chi connectivity index (χ3v) is 2.66. The zero-order valence-electron chi connectivity index (χ0n) is 9.43. The van der Waals surface area contributed by atoms with Crippen LogP contribution in [0.1, 0.15) is 11.3 Å². The molecule has 0 aliphatic carbocycles. The lowest BCUT2D eigenvalue weighted by atomic mass is 10.2. The van der Waals surface area contributed by atoms with Crippen molar-refractivity contribution in [2.24, 2.45) is 0 Å². The maximum absolute atomic E-state index is 8.92. The minimum atomic E-state index is 0.169. The fraction of sp³-hybridized carbons (Fsp3) is 0.0769. The Morgan fingerprint density at radius 2 is 2.06 bits per heavy atom. The average Bonchev–Trinajstić information content (AvgIpc) is 2.40. The molecule has 0 radical (unpaired) electrons. The molecule has 0 bridgehead atoms. The van der Waals surface area contributed by atoms with Gasteiger partial charge in [0.05, 0.1) is 16.3 Å². The van der Waals surface area contributed by atoms with E-state index < -0.39 is 0 Å². The number of rotatable bonds is 3. The molecular formula is C13H10ClN3O. The smallest absolute Gasteiger partial charge is 0.137 e. The lowest BCUT2D eigenvalue weighted by molar-refractivity contribution is 0.301. The van der Waals surface area contributed by atoms with E-state index in [-0.39, 0.29) is 6.61 Å². The van der Waals surface area contributed by atoms with Gasteiger partial charge in [-0.15, -0.1) is 0 Å². The highest BCUT2D eigenvalue weighted by molar-refractivity contribution is 6.31. The molecule has 2 N–H and O–H groups in total. The van der Waals surface area contributed by atoms with Crippen LogP contribution in [-0.4, -0.2) is 4.98 Å². The predicted octanol–water partition coefficient (Wildman–Crippen LogP) is 2.77. The molecule has 0 amide bonds. The molecule has 0 aliphatic rings. The van der Waals surface area contributed by atoms with E-state index in [0.717, 1.165) is 0 Å². The molecule has 5 heteroatoms. The van der Waals surface area contributed by atoms with Gasteiger partial charge in [-0.3, -0.25) is 0 Å². The van der Waals surface area contributed by atoms with E-state index in [2.05, 4.69) is 11.1 Å². The number of aromatic nitrogens is 1. The second kappa shape index (κ2) is 5.39. The first kappa shape index (κ1) is 12.2. The number of nitrogen functional groups attached to an aromatic ring is 1. The van der Waals surface area contributed by atoms with Crippen LogP contribution in [0.15, 0.2) is 36.4 Å². The number of hydrogen-bond donors (Lipinski definition) is 1. The van der Waals surface area contributed by atoms with Crippen molar-refractivity contribution < 1.29 is 4.74 Å². The molecule has 0 fully saturated rings. The highest BCUT2D eigenvalue weighted by Crippen LogP contribution is 2.21. The third-order valence-electron chi connectivity index (χ3n) is 2.31. The number of hydrogen-bond acceptors (Lipinski definition) is 4. The van der Waals surface area contributed by atoms with Crippen molar-refractivity contribution in [3.05, 3.63) is 52.7 Å². The van der Waals surface area contributed by atoms with Gasteiger partial charge in [0, 0.05) is 0 Å². The van der Waals surface area contributed by atoms with Gasteiger partial charge in [-0.25, -0.2) is 4.98 Å². The maximum atomic E-state index is 8.92. The van der Waals surface area contributed by atoms with Crippen LogP contribution in [0.5, 0.6) is 5.75 Å². The molecule has 0 saturated carbocycles. The van der Waals surface area contributed by atoms with Crippen molar-refractivity contribution in [2.45, 2.75) is 6.61 Å². The summed E-state index contributed by atoms with van der Waals surface area (Å²) in [4.78, 5) is 4.08. The quantitative estimate of drug-likeness (QED) is 0.920. The number of halogens is 1. The van der Waals surface area contributed by atoms with Gasteiger partial charge in [0.2, 0.25) is 0 Å². The van der Waals surface area contributed by atoms with Gasteiger partial charge >= 0.3 is 0 Å². The molecule has 1 aromatic heterocycles. The zero-order chi connectivity index (χ0) is 13.0. The number of pyridine rings is 1. The van der Waals surface area contributed by atoms with E-state index in [0.29, 0.717) is 27.8 Å². The topological polar surface area (TPSA) is 71.9 Å². The summed E-state index contributed by atoms with van der Waals surface area (Å²) in [7, 11) is 0. The molecule has 1 heterocycles. The van der Waals surface area contributed by atoms with Crippen LogP contribution in [-0.2, 0) is 6.61 Å². The number of benzene rings is 1. The van der Waals surface area contributed by atoms with Crippen LogP contribution < -0.4 is 10.5 Å². The Morgan fingerprint density at radius 3 is 2.83 bits per heavy atom. The van der Waals surface area contributed by atoms with E-state index >= 15 is 0 Å². The molecule has 4 nitrogen and oxygen atoms in total. The molecule has 0 aliphatic heterocycles. The molecule has 0 atom stereocenters. The molecule has 2 rings (SSSR count). The Morgan fingerprint density at radius 1 is 1.28 bits per heavy atom. The van der Waals surface area contributed by atoms with Crippen LogP contribution in [0.3, 0.4) is 0 Å². The second-order valence-corrected chi connectivity index (χ2v) is 3.97. The van der Waals surface area contributed by atoms with Gasteiger partial charge in [-0.05, 0) is 24.3 Å². The fourth-order valence-electron chi connectivity index (χ4n) is 1.43. The van der Waals surface area contributed by atoms with Crippen LogP contribution in [0.25, 0.3) is 0 Å². The summed E-state index contributed by atoms with van der Waals surface area (Å²) in [6.07, 6.45) is 0. The van der Waals surface area contributed by atoms with E-state index in [1.54, 1.807) is 36.4 Å². The van der Waals surface area contributed by atoms with Gasteiger partial charge in [0.15, 0.2) is 0 Å². The molecule has 90 valence electrons. The summed E-state index contributed by atoms with van der Waals surface area (Å²) in [5, 5.41) is 9.41. The van der Waals surface area contributed by atoms with Crippen molar-refractivity contribution >= 4 is 17.4 Å². The average molecular weight is 260 g/mol. The van der Waals surface area contributed by atoms with E-state index in [1.807, 2.05) is 0 Å². The van der Waals surface area contributed by atoms with Crippen LogP contribution in [0, 0.1) is 11.3 Å². The minimum absolute atomic E-state index is 0.169. The minimum Gasteiger partial charge on any atom is -0.486 e. The molecule has 1 aromatic carbocycles. The number of nitrogens with zero attached hydrogens (tertiary/aromatic N) is 2. The Bertz CT molecular complexity index is 607. The SMILES string of the molecule is N#Cc1ccccc1OCc1nc(N)ccc1Cl. The van der Waals surface area contributed by atoms with Gasteiger partial charge in [0.1, 0.15) is 24.2 Å². The largest absolute Gasteiger partial charge is 0.486 e. The van der Waals surface area contributed by atoms with E-state index in [9.17, 15) is 0 Å². The summed E-state index contributed by atoms with van der Waals surface area (Å²) < 4.78 is 5.52. The van der Waals surface area contributed by atoms with E-state index in [1.165, 1.54) is 0 Å². The summed E-state index contributed by atoms with van der Waals surface area (Å²) >= 11 is 5.97. The van der Waals surface area contributed by atoms with Crippen LogP contribution in [0.4, 0.5) is 5.82 Å². The van der Waals surface area contributed by atoms with Crippen LogP contribution >= 0.6 is 11.6 Å². The Kier molecular flexibility index (Phi) is 3.66. The zero-order valence-corrected chi connectivity index (χ0v) is 10.2. The summed E-state index contributed by atoms with van der Waals surface area (Å²) in [5.41, 5.74) is 6.59. The summed E-state index contributed by atoms with van der Waals surface area (Å²) in [5.74, 6) is 0.881. The maximum Gasteiger partial charge on any atom is 0.137 e. The monoisotopic (exact) mass is 259 g/mol. The predicted molar refractivity (Wildman–Crippen MR) is 69.1 cm³/mol. The van der Waals surface area contributed by atoms with Crippen molar-refractivity contribution in [1.82, 2.24) is 4.98 Å². The van der Waals surface area contributed by atoms with Gasteiger partial charge in [-0.1, -0.05) is 23.7 Å². The standard InChI is InChI=1S/C13H10ClN3O/c14-10-5-6-13(16)17-11(10)8-18-12-4-2-1-3-9(12)7-15/h1-6H,8H2,(H2,16,17). The molecule has 0 spiro atoms. The first-order valence-corrected chi connectivity index (χ1v) is 5.61. The lowest BCUT2D eigenvalue weighted by Gasteiger charge is -2.08. The Labute approximate surface area is 110 Å². The number of nitriles is 1. The fourth-order valence-corrected chi connectivity index (χ4v) is 1.59. The van der Waals surface area contributed by atoms with Gasteiger partial charge < -0.3 is 10.5 Å². The molecule has 0 saturated heterocycles. The molecule has 2 aromatic rings. The molecule has 0 unspecified atom stereocenters. The van der Waals surface area contributed by atoms with Crippen LogP contribution in [0.2, 0.25) is 5.02 Å². The normalized spacial score (nSPS) is 9.78. The second-order valence-electron chi connectivity index (χ2n) is 3.56. The number of ether oxygens (including phenoxy) is 1. The number of para-hydroxylation sites is 1. The lowest BCUT2D eigenvalue weighted by Crippen LogP contribution is -2.02. The Hall–Kier alpha value is -2.25. The number of anilines is 1. The third kappa shape index (κ3) is 2.70. The molecular weight excluding hydrogens is 250 g/mol. The van der Waals surface area contributed by atoms with Gasteiger partial charge in [0.25, 0.3) is 0 Å². The Balaban J connectivity index is 2.17. The highest BCUT2D eigenvalue weighted by Gasteiger charge is 2.06. The number of nitrogens with two attached hydrogens (primary N) is 1. The summed E-state index contributed by atoms with van der Waals surface area (Å²) in [6, 6.07) is 12.3. The first-order chi connectivity index (χ1) is 8.70. The van der Waals surface area contributed by atoms with Crippen molar-refractivity contribution in [2.75, 3.05) is 5.73 Å². The van der Waals surface area contributed by atoms with Gasteiger partial charge in [-0.2, -0.15) is 5.26 Å². The first-order valence-electron chi connectivity index (χ1n) is 5.23.